The molecule has 6 heteroatoms. The Morgan fingerprint density at radius 3 is 2.52 bits per heavy atom. The van der Waals surface area contributed by atoms with Crippen molar-refractivity contribution < 1.29 is 14.3 Å². The van der Waals surface area contributed by atoms with Crippen LogP contribution in [0, 0.1) is 6.92 Å². The van der Waals surface area contributed by atoms with Crippen LogP contribution in [0.3, 0.4) is 0 Å². The van der Waals surface area contributed by atoms with Gasteiger partial charge in [-0.1, -0.05) is 24.3 Å². The number of hydrogen-bond acceptors (Lipinski definition) is 3. The van der Waals surface area contributed by atoms with Gasteiger partial charge in [0, 0.05) is 30.1 Å². The van der Waals surface area contributed by atoms with Gasteiger partial charge in [-0.05, 0) is 43.7 Å². The van der Waals surface area contributed by atoms with Crippen molar-refractivity contribution in [3.63, 3.8) is 0 Å². The molecule has 132 valence electrons. The molecule has 0 unspecified atom stereocenters. The highest BCUT2D eigenvalue weighted by Gasteiger charge is 2.10. The molecule has 25 heavy (non-hydrogen) atoms. The molecule has 3 amide bonds. The quantitative estimate of drug-likeness (QED) is 0.675. The molecule has 0 saturated heterocycles. The molecule has 0 bridgehead atoms. The van der Waals surface area contributed by atoms with Gasteiger partial charge in [-0.2, -0.15) is 0 Å². The lowest BCUT2D eigenvalue weighted by atomic mass is 10.1. The fourth-order valence-corrected chi connectivity index (χ4v) is 2.17. The number of aryl methyl sites for hydroxylation is 1. The first-order valence-corrected chi connectivity index (χ1v) is 8.19. The van der Waals surface area contributed by atoms with Gasteiger partial charge in [-0.15, -0.1) is 0 Å². The number of benzene rings is 2. The van der Waals surface area contributed by atoms with Crippen molar-refractivity contribution in [3.05, 3.63) is 59.7 Å². The number of rotatable bonds is 7. The molecule has 0 atom stereocenters. The molecule has 0 aromatic heterocycles. The second-order valence-electron chi connectivity index (χ2n) is 5.43. The molecule has 3 N–H and O–H groups in total. The normalized spacial score (nSPS) is 10.2. The van der Waals surface area contributed by atoms with Crippen molar-refractivity contribution in [3.8, 4) is 0 Å². The van der Waals surface area contributed by atoms with E-state index in [1.807, 2.05) is 44.2 Å². The van der Waals surface area contributed by atoms with Crippen LogP contribution < -0.4 is 16.0 Å². The number of urea groups is 1. The number of nitrogens with one attached hydrogen (secondary N) is 3. The van der Waals surface area contributed by atoms with Crippen LogP contribution in [0.2, 0.25) is 0 Å². The maximum absolute atomic E-state index is 12.4. The van der Waals surface area contributed by atoms with Crippen LogP contribution in [0.25, 0.3) is 0 Å². The van der Waals surface area contributed by atoms with Gasteiger partial charge in [-0.3, -0.25) is 4.79 Å². The highest BCUT2D eigenvalue weighted by atomic mass is 16.5. The van der Waals surface area contributed by atoms with Crippen LogP contribution in [0.4, 0.5) is 16.2 Å². The van der Waals surface area contributed by atoms with E-state index in [4.69, 9.17) is 4.74 Å². The number of para-hydroxylation sites is 1. The topological polar surface area (TPSA) is 79.5 Å². The van der Waals surface area contributed by atoms with Crippen molar-refractivity contribution in [1.29, 1.82) is 0 Å². The first kappa shape index (κ1) is 18.5. The molecule has 2 rings (SSSR count). The van der Waals surface area contributed by atoms with Gasteiger partial charge in [-0.25, -0.2) is 4.79 Å². The van der Waals surface area contributed by atoms with Crippen LogP contribution >= 0.6 is 0 Å². The fourth-order valence-electron chi connectivity index (χ4n) is 2.17. The van der Waals surface area contributed by atoms with Gasteiger partial charge in [0.1, 0.15) is 0 Å². The van der Waals surface area contributed by atoms with Gasteiger partial charge in [0.15, 0.2) is 0 Å². The number of amides is 3. The number of carbonyl (C=O) groups excluding carboxylic acids is 2. The summed E-state index contributed by atoms with van der Waals surface area (Å²) in [6.45, 7) is 5.26. The largest absolute Gasteiger partial charge is 0.380 e. The molecule has 6 nitrogen and oxygen atoms in total. The second kappa shape index (κ2) is 9.44. The van der Waals surface area contributed by atoms with Crippen LogP contribution in [0.1, 0.15) is 22.8 Å². The predicted molar refractivity (Wildman–Crippen MR) is 99.1 cm³/mol. The summed E-state index contributed by atoms with van der Waals surface area (Å²) >= 11 is 0. The number of hydrogen-bond donors (Lipinski definition) is 3. The predicted octanol–water partition coefficient (Wildman–Crippen LogP) is 3.41. The van der Waals surface area contributed by atoms with Crippen LogP contribution in [0.5, 0.6) is 0 Å². The summed E-state index contributed by atoms with van der Waals surface area (Å²) < 4.78 is 5.17. The van der Waals surface area contributed by atoms with Gasteiger partial charge < -0.3 is 20.7 Å². The molecule has 0 aliphatic heterocycles. The lowest BCUT2D eigenvalue weighted by Crippen LogP contribution is -2.31. The minimum absolute atomic E-state index is 0.231. The Balaban J connectivity index is 1.99. The molecule has 0 radical (unpaired) electrons. The zero-order chi connectivity index (χ0) is 18.1. The first-order valence-electron chi connectivity index (χ1n) is 8.19. The average molecular weight is 341 g/mol. The number of carbonyl (C=O) groups is 2. The zero-order valence-corrected chi connectivity index (χ0v) is 14.5. The first-order chi connectivity index (χ1) is 12.1. The van der Waals surface area contributed by atoms with Crippen molar-refractivity contribution in [2.75, 3.05) is 30.4 Å². The SMILES string of the molecule is CCOCCNC(=O)Nc1cc(C(=O)Nc2ccccc2)ccc1C. The zero-order valence-electron chi connectivity index (χ0n) is 14.5. The standard InChI is InChI=1S/C19H23N3O3/c1-3-25-12-11-20-19(24)22-17-13-15(10-9-14(17)2)18(23)21-16-7-5-4-6-8-16/h4-10,13H,3,11-12H2,1-2H3,(H,21,23)(H2,20,22,24). The fraction of sp³-hybridized carbons (Fsp3) is 0.263. The molecule has 2 aromatic carbocycles. The number of ether oxygens (including phenoxy) is 1. The molecule has 0 saturated carbocycles. The van der Waals surface area contributed by atoms with E-state index in [1.54, 1.807) is 18.2 Å². The van der Waals surface area contributed by atoms with E-state index in [9.17, 15) is 9.59 Å². The third-order valence-corrected chi connectivity index (χ3v) is 3.52. The average Bonchev–Trinajstić information content (AvgIpc) is 2.61. The Labute approximate surface area is 147 Å². The summed E-state index contributed by atoms with van der Waals surface area (Å²) in [5.41, 5.74) is 2.65. The van der Waals surface area contributed by atoms with E-state index >= 15 is 0 Å². The minimum Gasteiger partial charge on any atom is -0.380 e. The summed E-state index contributed by atoms with van der Waals surface area (Å²) in [7, 11) is 0. The van der Waals surface area contributed by atoms with Gasteiger partial charge >= 0.3 is 6.03 Å². The Morgan fingerprint density at radius 2 is 1.80 bits per heavy atom. The molecule has 0 fully saturated rings. The third kappa shape index (κ3) is 5.93. The van der Waals surface area contributed by atoms with E-state index in [0.717, 1.165) is 11.3 Å². The van der Waals surface area contributed by atoms with Crippen molar-refractivity contribution in [1.82, 2.24) is 5.32 Å². The van der Waals surface area contributed by atoms with Gasteiger partial charge in [0.05, 0.1) is 6.61 Å². The van der Waals surface area contributed by atoms with Crippen LogP contribution in [0.15, 0.2) is 48.5 Å². The van der Waals surface area contributed by atoms with Crippen molar-refractivity contribution in [2.45, 2.75) is 13.8 Å². The van der Waals surface area contributed by atoms with E-state index in [1.165, 1.54) is 0 Å². The Hall–Kier alpha value is -2.86. The van der Waals surface area contributed by atoms with E-state index in [-0.39, 0.29) is 11.9 Å². The summed E-state index contributed by atoms with van der Waals surface area (Å²) in [6.07, 6.45) is 0. The van der Waals surface area contributed by atoms with Crippen LogP contribution in [-0.4, -0.2) is 31.7 Å². The lowest BCUT2D eigenvalue weighted by molar-refractivity contribution is 0.102. The maximum atomic E-state index is 12.4. The Morgan fingerprint density at radius 1 is 1.04 bits per heavy atom. The Bertz CT molecular complexity index is 717. The summed E-state index contributed by atoms with van der Waals surface area (Å²) in [5.74, 6) is -0.231. The second-order valence-corrected chi connectivity index (χ2v) is 5.43. The maximum Gasteiger partial charge on any atom is 0.319 e. The van der Waals surface area contributed by atoms with Gasteiger partial charge in [0.25, 0.3) is 5.91 Å². The van der Waals surface area contributed by atoms with E-state index < -0.39 is 0 Å². The smallest absolute Gasteiger partial charge is 0.319 e. The van der Waals surface area contributed by atoms with Crippen LogP contribution in [-0.2, 0) is 4.74 Å². The molecular weight excluding hydrogens is 318 g/mol. The van der Waals surface area contributed by atoms with Crippen molar-refractivity contribution >= 4 is 23.3 Å². The van der Waals surface area contributed by atoms with E-state index in [0.29, 0.717) is 31.0 Å². The third-order valence-electron chi connectivity index (χ3n) is 3.52. The summed E-state index contributed by atoms with van der Waals surface area (Å²) in [6, 6.07) is 14.1. The molecule has 0 aliphatic carbocycles. The van der Waals surface area contributed by atoms with E-state index in [2.05, 4.69) is 16.0 Å². The molecule has 2 aromatic rings. The van der Waals surface area contributed by atoms with Gasteiger partial charge in [0.2, 0.25) is 0 Å². The summed E-state index contributed by atoms with van der Waals surface area (Å²) in [5, 5.41) is 8.29. The lowest BCUT2D eigenvalue weighted by Gasteiger charge is -2.12. The highest BCUT2D eigenvalue weighted by Crippen LogP contribution is 2.18. The highest BCUT2D eigenvalue weighted by molar-refractivity contribution is 6.05. The Kier molecular flexibility index (Phi) is 6.98. The summed E-state index contributed by atoms with van der Waals surface area (Å²) in [4.78, 5) is 24.3. The van der Waals surface area contributed by atoms with Crippen molar-refractivity contribution in [2.24, 2.45) is 0 Å². The molecule has 0 heterocycles. The number of anilines is 2. The minimum atomic E-state index is -0.330. The molecule has 0 aliphatic rings. The molecular formula is C19H23N3O3. The molecule has 0 spiro atoms. The monoisotopic (exact) mass is 341 g/mol.